The molecule has 1 heterocycles. The first kappa shape index (κ1) is 16.2. The Labute approximate surface area is 125 Å². The number of cyclic esters (lactones) is 1. The number of benzene rings is 1. The van der Waals surface area contributed by atoms with Crippen LogP contribution in [0.4, 0.5) is 0 Å². The van der Waals surface area contributed by atoms with Crippen molar-refractivity contribution < 1.29 is 23.1 Å². The van der Waals surface area contributed by atoms with Crippen molar-refractivity contribution in [2.75, 3.05) is 13.2 Å². The van der Waals surface area contributed by atoms with Crippen molar-refractivity contribution in [1.29, 1.82) is 0 Å². The van der Waals surface area contributed by atoms with E-state index in [1.165, 1.54) is 0 Å². The first-order valence-corrected chi connectivity index (χ1v) is 8.85. The summed E-state index contributed by atoms with van der Waals surface area (Å²) in [4.78, 5) is 11.6. The minimum atomic E-state index is -3.32. The molecule has 0 bridgehead atoms. The maximum atomic E-state index is 13.0. The van der Waals surface area contributed by atoms with Gasteiger partial charge in [0.25, 0.3) is 0 Å². The fourth-order valence-corrected chi connectivity index (χ4v) is 4.73. The van der Waals surface area contributed by atoms with Crippen LogP contribution in [0, 0.1) is 0 Å². The van der Waals surface area contributed by atoms with E-state index in [4.69, 9.17) is 13.8 Å². The van der Waals surface area contributed by atoms with Gasteiger partial charge < -0.3 is 13.8 Å². The fraction of sp³-hybridized carbons (Fsp3) is 0.533. The van der Waals surface area contributed by atoms with Crippen molar-refractivity contribution in [2.24, 2.45) is 0 Å². The van der Waals surface area contributed by atoms with Gasteiger partial charge in [-0.15, -0.1) is 0 Å². The third-order valence-electron chi connectivity index (χ3n) is 3.40. The highest BCUT2D eigenvalue weighted by Gasteiger charge is 2.46. The van der Waals surface area contributed by atoms with Crippen LogP contribution in [0.5, 0.6) is 0 Å². The molecule has 1 aliphatic heterocycles. The molecule has 6 heteroatoms. The molecule has 21 heavy (non-hydrogen) atoms. The largest absolute Gasteiger partial charge is 0.456 e. The number of carbonyl (C=O) groups is 1. The number of ether oxygens (including phenoxy) is 1. The van der Waals surface area contributed by atoms with Gasteiger partial charge in [-0.25, -0.2) is 0 Å². The summed E-state index contributed by atoms with van der Waals surface area (Å²) in [6, 6.07) is 9.33. The Bertz CT molecular complexity index is 506. The summed E-state index contributed by atoms with van der Waals surface area (Å²) in [7, 11) is -3.32. The van der Waals surface area contributed by atoms with Crippen LogP contribution in [0.3, 0.4) is 0 Å². The van der Waals surface area contributed by atoms with Crippen LogP contribution in [-0.4, -0.2) is 24.8 Å². The van der Waals surface area contributed by atoms with Gasteiger partial charge in [0.05, 0.1) is 13.2 Å². The van der Waals surface area contributed by atoms with Gasteiger partial charge in [0.2, 0.25) is 0 Å². The minimum absolute atomic E-state index is 0.234. The number of hydrogen-bond donors (Lipinski definition) is 0. The van der Waals surface area contributed by atoms with Crippen LogP contribution in [0.15, 0.2) is 30.3 Å². The van der Waals surface area contributed by atoms with Crippen LogP contribution in [0.25, 0.3) is 0 Å². The topological polar surface area (TPSA) is 61.8 Å². The maximum Gasteiger partial charge on any atom is 0.337 e. The second kappa shape index (κ2) is 7.21. The lowest BCUT2D eigenvalue weighted by atomic mass is 10.0. The lowest BCUT2D eigenvalue weighted by molar-refractivity contribution is -0.154. The number of rotatable bonds is 6. The van der Waals surface area contributed by atoms with E-state index in [-0.39, 0.29) is 12.4 Å². The van der Waals surface area contributed by atoms with Crippen molar-refractivity contribution >= 4 is 13.6 Å². The van der Waals surface area contributed by atoms with E-state index in [9.17, 15) is 9.36 Å². The molecule has 0 aliphatic carbocycles. The molecule has 1 fully saturated rings. The summed E-state index contributed by atoms with van der Waals surface area (Å²) in [5.41, 5.74) is 0.354. The van der Waals surface area contributed by atoms with Crippen LogP contribution in [-0.2, 0) is 23.1 Å². The van der Waals surface area contributed by atoms with Crippen LogP contribution >= 0.6 is 7.60 Å². The average Bonchev–Trinajstić information content (AvgIpc) is 2.48. The Kier molecular flexibility index (Phi) is 5.57. The third-order valence-corrected chi connectivity index (χ3v) is 5.98. The third kappa shape index (κ3) is 3.73. The van der Waals surface area contributed by atoms with Crippen molar-refractivity contribution in [3.8, 4) is 0 Å². The smallest absolute Gasteiger partial charge is 0.337 e. The van der Waals surface area contributed by atoms with Crippen molar-refractivity contribution in [1.82, 2.24) is 0 Å². The normalized spacial score (nSPS) is 22.9. The van der Waals surface area contributed by atoms with Crippen molar-refractivity contribution in [2.45, 2.75) is 38.5 Å². The Morgan fingerprint density at radius 3 is 2.38 bits per heavy atom. The van der Waals surface area contributed by atoms with Crippen LogP contribution < -0.4 is 0 Å². The molecule has 0 amide bonds. The summed E-state index contributed by atoms with van der Waals surface area (Å²) in [6.45, 7) is 4.14. The maximum absolute atomic E-state index is 13.0. The molecular formula is C15H21O5P. The molecule has 1 saturated heterocycles. The van der Waals surface area contributed by atoms with E-state index in [2.05, 4.69) is 0 Å². The van der Waals surface area contributed by atoms with Gasteiger partial charge in [-0.3, -0.25) is 9.36 Å². The quantitative estimate of drug-likeness (QED) is 0.592. The lowest BCUT2D eigenvalue weighted by Crippen LogP contribution is -2.31. The molecule has 2 rings (SSSR count). The summed E-state index contributed by atoms with van der Waals surface area (Å²) in [6.07, 6.45) is 0.0877. The van der Waals surface area contributed by atoms with Gasteiger partial charge in [-0.1, -0.05) is 30.3 Å². The molecule has 2 atom stereocenters. The molecule has 1 aromatic carbocycles. The lowest BCUT2D eigenvalue weighted by Gasteiger charge is -2.35. The Morgan fingerprint density at radius 2 is 1.81 bits per heavy atom. The van der Waals surface area contributed by atoms with Crippen LogP contribution in [0.1, 0.15) is 38.4 Å². The number of carbonyl (C=O) groups excluding carboxylic acids is 1. The van der Waals surface area contributed by atoms with E-state index in [1.807, 2.05) is 30.3 Å². The summed E-state index contributed by atoms with van der Waals surface area (Å²) in [5.74, 6) is -0.278. The predicted molar refractivity (Wildman–Crippen MR) is 79.2 cm³/mol. The standard InChI is InChI=1S/C15H21O5P/c1-3-18-21(17,19-4-2)13-10-11-14(16)20-15(13)12-8-6-5-7-9-12/h5-9,13,15H,3-4,10-11H2,1-2H3. The zero-order valence-electron chi connectivity index (χ0n) is 12.4. The highest BCUT2D eigenvalue weighted by Crippen LogP contribution is 2.60. The zero-order chi connectivity index (χ0) is 15.3. The van der Waals surface area contributed by atoms with Gasteiger partial charge in [0, 0.05) is 6.42 Å². The second-order valence-electron chi connectivity index (χ2n) is 4.80. The fourth-order valence-electron chi connectivity index (χ4n) is 2.54. The summed E-state index contributed by atoms with van der Waals surface area (Å²) in [5, 5.41) is 0. The Morgan fingerprint density at radius 1 is 1.19 bits per heavy atom. The molecule has 1 aliphatic rings. The second-order valence-corrected chi connectivity index (χ2v) is 7.06. The molecular weight excluding hydrogens is 291 g/mol. The SMILES string of the molecule is CCOP(=O)(OCC)C1CCC(=O)OC1c1ccccc1. The van der Waals surface area contributed by atoms with E-state index in [1.54, 1.807) is 13.8 Å². The van der Waals surface area contributed by atoms with Gasteiger partial charge in [0.1, 0.15) is 11.8 Å². The van der Waals surface area contributed by atoms with E-state index < -0.39 is 19.4 Å². The van der Waals surface area contributed by atoms with Gasteiger partial charge in [-0.2, -0.15) is 0 Å². The first-order valence-electron chi connectivity index (χ1n) is 7.24. The van der Waals surface area contributed by atoms with Gasteiger partial charge in [0.15, 0.2) is 0 Å². The van der Waals surface area contributed by atoms with E-state index in [0.29, 0.717) is 19.6 Å². The molecule has 2 unspecified atom stereocenters. The summed E-state index contributed by atoms with van der Waals surface area (Å²) < 4.78 is 29.4. The number of esters is 1. The zero-order valence-corrected chi connectivity index (χ0v) is 13.3. The molecule has 5 nitrogen and oxygen atoms in total. The highest BCUT2D eigenvalue weighted by atomic mass is 31.2. The number of hydrogen-bond acceptors (Lipinski definition) is 5. The molecule has 0 aromatic heterocycles. The highest BCUT2D eigenvalue weighted by molar-refractivity contribution is 7.54. The van der Waals surface area contributed by atoms with Gasteiger partial charge >= 0.3 is 13.6 Å². The monoisotopic (exact) mass is 312 g/mol. The molecule has 0 spiro atoms. The average molecular weight is 312 g/mol. The van der Waals surface area contributed by atoms with Crippen LogP contribution in [0.2, 0.25) is 0 Å². The molecule has 0 radical (unpaired) electrons. The molecule has 116 valence electrons. The summed E-state index contributed by atoms with van der Waals surface area (Å²) >= 11 is 0. The van der Waals surface area contributed by atoms with Gasteiger partial charge in [-0.05, 0) is 25.8 Å². The molecule has 0 saturated carbocycles. The molecule has 1 aromatic rings. The Hall–Kier alpha value is -1.16. The minimum Gasteiger partial charge on any atom is -0.456 e. The van der Waals surface area contributed by atoms with Crippen molar-refractivity contribution in [3.63, 3.8) is 0 Å². The van der Waals surface area contributed by atoms with E-state index >= 15 is 0 Å². The van der Waals surface area contributed by atoms with E-state index in [0.717, 1.165) is 5.56 Å². The van der Waals surface area contributed by atoms with Crippen molar-refractivity contribution in [3.05, 3.63) is 35.9 Å². The molecule has 0 N–H and O–H groups in total. The first-order chi connectivity index (χ1) is 10.1. The predicted octanol–water partition coefficient (Wildman–Crippen LogP) is 3.70. The Balaban J connectivity index is 2.33.